The maximum absolute atomic E-state index is 12.1. The summed E-state index contributed by atoms with van der Waals surface area (Å²) in [5.41, 5.74) is 2.51. The normalized spacial score (nSPS) is 20.8. The van der Waals surface area contributed by atoms with Gasteiger partial charge >= 0.3 is 0 Å². The highest BCUT2D eigenvalue weighted by Crippen LogP contribution is 2.23. The number of carbonyl (C=O) groups excluding carboxylic acids is 1. The van der Waals surface area contributed by atoms with Gasteiger partial charge in [0.15, 0.2) is 0 Å². The molecular weight excluding hydrogens is 326 g/mol. The molecule has 1 N–H and O–H groups in total. The molecule has 2 aromatic rings. The Bertz CT molecular complexity index is 690. The van der Waals surface area contributed by atoms with Crippen molar-refractivity contribution in [2.75, 3.05) is 13.1 Å². The van der Waals surface area contributed by atoms with E-state index in [1.165, 1.54) is 23.9 Å². The summed E-state index contributed by atoms with van der Waals surface area (Å²) in [6.45, 7) is 9.07. The van der Waals surface area contributed by atoms with Crippen molar-refractivity contribution in [2.24, 2.45) is 11.8 Å². The Morgan fingerprint density at radius 1 is 1.19 bits per heavy atom. The molecule has 0 radical (unpaired) electrons. The van der Waals surface area contributed by atoms with Crippen LogP contribution >= 0.6 is 0 Å². The average molecular weight is 355 g/mol. The Hall–Kier alpha value is -2.21. The monoisotopic (exact) mass is 355 g/mol. The molecule has 1 amide bonds. The predicted molar refractivity (Wildman–Crippen MR) is 101 cm³/mol. The van der Waals surface area contributed by atoms with E-state index in [0.29, 0.717) is 19.5 Å². The van der Waals surface area contributed by atoms with E-state index >= 15 is 0 Å². The molecule has 2 atom stereocenters. The number of carbonyl (C=O) groups is 1. The fourth-order valence-electron chi connectivity index (χ4n) is 3.89. The molecule has 1 aromatic heterocycles. The van der Waals surface area contributed by atoms with E-state index in [-0.39, 0.29) is 5.91 Å². The summed E-state index contributed by atoms with van der Waals surface area (Å²) in [6, 6.07) is 8.43. The Kier molecular flexibility index (Phi) is 6.39. The van der Waals surface area contributed by atoms with Gasteiger partial charge in [-0.15, -0.1) is 0 Å². The van der Waals surface area contributed by atoms with Gasteiger partial charge in [0.05, 0.1) is 6.54 Å². The minimum absolute atomic E-state index is 0.0375. The predicted octanol–water partition coefficient (Wildman–Crippen LogP) is 2.46. The lowest BCUT2D eigenvalue weighted by Gasteiger charge is -2.35. The summed E-state index contributed by atoms with van der Waals surface area (Å²) in [7, 11) is 0. The van der Waals surface area contributed by atoms with Crippen molar-refractivity contribution in [2.45, 2.75) is 46.3 Å². The molecule has 1 saturated heterocycles. The van der Waals surface area contributed by atoms with Crippen molar-refractivity contribution in [1.82, 2.24) is 25.0 Å². The van der Waals surface area contributed by atoms with Gasteiger partial charge in [-0.3, -0.25) is 14.4 Å². The highest BCUT2D eigenvalue weighted by Gasteiger charge is 2.22. The van der Waals surface area contributed by atoms with Gasteiger partial charge in [-0.25, -0.2) is 4.98 Å². The van der Waals surface area contributed by atoms with E-state index in [1.54, 1.807) is 11.0 Å². The van der Waals surface area contributed by atoms with Gasteiger partial charge in [-0.05, 0) is 29.4 Å². The number of nitrogens with zero attached hydrogens (tertiary/aromatic N) is 4. The highest BCUT2D eigenvalue weighted by atomic mass is 16.1. The van der Waals surface area contributed by atoms with Gasteiger partial charge in [0.25, 0.3) is 0 Å². The Morgan fingerprint density at radius 3 is 2.62 bits per heavy atom. The minimum atomic E-state index is 0.0375. The van der Waals surface area contributed by atoms with E-state index in [0.717, 1.165) is 31.5 Å². The molecule has 2 unspecified atom stereocenters. The van der Waals surface area contributed by atoms with E-state index in [2.05, 4.69) is 52.3 Å². The topological polar surface area (TPSA) is 63.1 Å². The third kappa shape index (κ3) is 5.39. The number of piperidine rings is 1. The second-order valence-electron chi connectivity index (χ2n) is 7.59. The zero-order chi connectivity index (χ0) is 18.4. The molecule has 1 aromatic carbocycles. The SMILES string of the molecule is CC1CC(C)CN(Cc2ccccc2CNC(=O)CCn2cncn2)C1. The number of hydrogen-bond donors (Lipinski definition) is 1. The molecule has 2 heterocycles. The quantitative estimate of drug-likeness (QED) is 0.829. The third-order valence-electron chi connectivity index (χ3n) is 4.97. The summed E-state index contributed by atoms with van der Waals surface area (Å²) in [6.07, 6.45) is 4.84. The van der Waals surface area contributed by atoms with Crippen LogP contribution in [0.5, 0.6) is 0 Å². The molecule has 140 valence electrons. The summed E-state index contributed by atoms with van der Waals surface area (Å²) in [5.74, 6) is 1.54. The van der Waals surface area contributed by atoms with Gasteiger partial charge in [-0.1, -0.05) is 38.1 Å². The van der Waals surface area contributed by atoms with Gasteiger partial charge in [0, 0.05) is 32.6 Å². The van der Waals surface area contributed by atoms with Crippen LogP contribution in [0.15, 0.2) is 36.9 Å². The van der Waals surface area contributed by atoms with Crippen molar-refractivity contribution in [3.05, 3.63) is 48.0 Å². The largest absolute Gasteiger partial charge is 0.352 e. The van der Waals surface area contributed by atoms with Crippen LogP contribution < -0.4 is 5.32 Å². The van der Waals surface area contributed by atoms with E-state index in [4.69, 9.17) is 0 Å². The summed E-state index contributed by atoms with van der Waals surface area (Å²) in [5, 5.41) is 7.06. The number of nitrogens with one attached hydrogen (secondary N) is 1. The first kappa shape index (κ1) is 18.6. The van der Waals surface area contributed by atoms with Crippen molar-refractivity contribution in [1.29, 1.82) is 0 Å². The lowest BCUT2D eigenvalue weighted by Crippen LogP contribution is -2.38. The van der Waals surface area contributed by atoms with E-state index in [1.807, 2.05) is 6.07 Å². The van der Waals surface area contributed by atoms with Crippen LogP contribution in [0, 0.1) is 11.8 Å². The fraction of sp³-hybridized carbons (Fsp3) is 0.550. The van der Waals surface area contributed by atoms with Gasteiger partial charge in [0.1, 0.15) is 12.7 Å². The maximum atomic E-state index is 12.1. The zero-order valence-corrected chi connectivity index (χ0v) is 15.8. The van der Waals surface area contributed by atoms with Crippen LogP contribution in [0.4, 0.5) is 0 Å². The standard InChI is InChI=1S/C20H29N5O/c1-16-9-17(2)12-24(11-16)13-19-6-4-3-5-18(19)10-22-20(26)7-8-25-15-21-14-23-25/h3-6,14-17H,7-13H2,1-2H3,(H,22,26). The molecule has 0 bridgehead atoms. The summed E-state index contributed by atoms with van der Waals surface area (Å²) >= 11 is 0. The van der Waals surface area contributed by atoms with Gasteiger partial charge in [0.2, 0.25) is 5.91 Å². The first-order valence-corrected chi connectivity index (χ1v) is 9.48. The molecular formula is C20H29N5O. The molecule has 3 rings (SSSR count). The van der Waals surface area contributed by atoms with Crippen LogP contribution in [0.3, 0.4) is 0 Å². The molecule has 1 fully saturated rings. The fourth-order valence-corrected chi connectivity index (χ4v) is 3.89. The van der Waals surface area contributed by atoms with Crippen molar-refractivity contribution < 1.29 is 4.79 Å². The lowest BCUT2D eigenvalue weighted by molar-refractivity contribution is -0.121. The Labute approximate surface area is 155 Å². The minimum Gasteiger partial charge on any atom is -0.352 e. The summed E-state index contributed by atoms with van der Waals surface area (Å²) in [4.78, 5) is 18.5. The van der Waals surface area contributed by atoms with Crippen molar-refractivity contribution in [3.8, 4) is 0 Å². The van der Waals surface area contributed by atoms with Gasteiger partial charge < -0.3 is 5.32 Å². The molecule has 1 aliphatic rings. The number of rotatable bonds is 7. The number of likely N-dealkylation sites (tertiary alicyclic amines) is 1. The smallest absolute Gasteiger partial charge is 0.222 e. The average Bonchev–Trinajstić information content (AvgIpc) is 3.12. The number of aromatic nitrogens is 3. The van der Waals surface area contributed by atoms with Crippen LogP contribution in [0.25, 0.3) is 0 Å². The maximum Gasteiger partial charge on any atom is 0.222 e. The molecule has 6 heteroatoms. The molecule has 0 aliphatic carbocycles. The number of benzene rings is 1. The molecule has 0 spiro atoms. The third-order valence-corrected chi connectivity index (χ3v) is 4.97. The van der Waals surface area contributed by atoms with Crippen LogP contribution in [-0.4, -0.2) is 38.7 Å². The van der Waals surface area contributed by atoms with Crippen LogP contribution in [0.1, 0.15) is 37.8 Å². The molecule has 1 aliphatic heterocycles. The summed E-state index contributed by atoms with van der Waals surface area (Å²) < 4.78 is 1.67. The number of aryl methyl sites for hydroxylation is 1. The van der Waals surface area contributed by atoms with Crippen LogP contribution in [0.2, 0.25) is 0 Å². The Balaban J connectivity index is 1.52. The van der Waals surface area contributed by atoms with Gasteiger partial charge in [-0.2, -0.15) is 5.10 Å². The number of amides is 1. The van der Waals surface area contributed by atoms with Crippen molar-refractivity contribution >= 4 is 5.91 Å². The van der Waals surface area contributed by atoms with Crippen LogP contribution in [-0.2, 0) is 24.4 Å². The zero-order valence-electron chi connectivity index (χ0n) is 15.8. The highest BCUT2D eigenvalue weighted by molar-refractivity contribution is 5.75. The first-order chi connectivity index (χ1) is 12.6. The number of hydrogen-bond acceptors (Lipinski definition) is 4. The molecule has 26 heavy (non-hydrogen) atoms. The Morgan fingerprint density at radius 2 is 1.92 bits per heavy atom. The second kappa shape index (κ2) is 8.94. The van der Waals surface area contributed by atoms with E-state index in [9.17, 15) is 4.79 Å². The van der Waals surface area contributed by atoms with E-state index < -0.39 is 0 Å². The lowest BCUT2D eigenvalue weighted by atomic mass is 9.91. The molecule has 6 nitrogen and oxygen atoms in total. The first-order valence-electron chi connectivity index (χ1n) is 9.48. The van der Waals surface area contributed by atoms with Crippen molar-refractivity contribution in [3.63, 3.8) is 0 Å². The second-order valence-corrected chi connectivity index (χ2v) is 7.59. The molecule has 0 saturated carbocycles.